The van der Waals surface area contributed by atoms with Gasteiger partial charge in [0.05, 0.1) is 5.75 Å². The van der Waals surface area contributed by atoms with Crippen molar-refractivity contribution in [1.82, 2.24) is 9.97 Å². The number of benzene rings is 1. The van der Waals surface area contributed by atoms with Gasteiger partial charge in [0.15, 0.2) is 5.16 Å². The maximum absolute atomic E-state index is 12.8. The molecule has 2 rings (SSSR count). The fourth-order valence-electron chi connectivity index (χ4n) is 1.33. The number of hydrogen-bond acceptors (Lipinski definition) is 5. The highest BCUT2D eigenvalue weighted by atomic mass is 35.5. The number of carbonyl (C=O) groups is 1. The molecule has 2 N–H and O–H groups in total. The van der Waals surface area contributed by atoms with Gasteiger partial charge >= 0.3 is 5.97 Å². The smallest absolute Gasteiger partial charge is 0.313 e. The van der Waals surface area contributed by atoms with Crippen LogP contribution in [0.5, 0.6) is 0 Å². The summed E-state index contributed by atoms with van der Waals surface area (Å²) in [4.78, 5) is 18.5. The van der Waals surface area contributed by atoms with Crippen molar-refractivity contribution in [2.24, 2.45) is 0 Å². The Hall–Kier alpha value is -1.86. The molecule has 0 aliphatic carbocycles. The number of nitrogens with one attached hydrogen (secondary N) is 1. The van der Waals surface area contributed by atoms with Crippen molar-refractivity contribution in [2.75, 3.05) is 11.1 Å². The van der Waals surface area contributed by atoms with E-state index < -0.39 is 5.97 Å². The summed E-state index contributed by atoms with van der Waals surface area (Å²) >= 11 is 6.81. The number of nitrogens with zero attached hydrogens (tertiary/aromatic N) is 2. The van der Waals surface area contributed by atoms with Gasteiger partial charge in [-0.05, 0) is 24.3 Å². The van der Waals surface area contributed by atoms with Gasteiger partial charge in [-0.25, -0.2) is 14.4 Å². The number of anilines is 2. The molecule has 0 fully saturated rings. The highest BCUT2D eigenvalue weighted by Gasteiger charge is 2.07. The summed E-state index contributed by atoms with van der Waals surface area (Å²) in [7, 11) is 0. The molecule has 0 atom stereocenters. The van der Waals surface area contributed by atoms with Crippen molar-refractivity contribution in [3.63, 3.8) is 0 Å². The van der Waals surface area contributed by atoms with Crippen molar-refractivity contribution < 1.29 is 14.3 Å². The van der Waals surface area contributed by atoms with Crippen molar-refractivity contribution >= 4 is 40.8 Å². The second-order valence-corrected chi connectivity index (χ2v) is 5.00. The van der Waals surface area contributed by atoms with Crippen LogP contribution in [0.4, 0.5) is 15.9 Å². The summed E-state index contributed by atoms with van der Waals surface area (Å²) < 4.78 is 12.8. The summed E-state index contributed by atoms with van der Waals surface area (Å²) in [6.45, 7) is 0. The molecule has 0 unspecified atom stereocenters. The second kappa shape index (κ2) is 6.53. The molecule has 20 heavy (non-hydrogen) atoms. The maximum Gasteiger partial charge on any atom is 0.313 e. The molecule has 0 radical (unpaired) electrons. The van der Waals surface area contributed by atoms with Gasteiger partial charge in [-0.1, -0.05) is 23.4 Å². The average molecular weight is 314 g/mol. The van der Waals surface area contributed by atoms with E-state index in [0.29, 0.717) is 11.5 Å². The first-order valence-corrected chi connectivity index (χ1v) is 6.81. The van der Waals surface area contributed by atoms with E-state index in [9.17, 15) is 9.18 Å². The number of hydrogen-bond donors (Lipinski definition) is 2. The van der Waals surface area contributed by atoms with Gasteiger partial charge in [0, 0.05) is 11.8 Å². The summed E-state index contributed by atoms with van der Waals surface area (Å²) in [5, 5.41) is 12.0. The fraction of sp³-hybridized carbons (Fsp3) is 0.0833. The molecule has 0 saturated carbocycles. The van der Waals surface area contributed by atoms with Crippen LogP contribution < -0.4 is 5.32 Å². The molecule has 2 aromatic rings. The molecular weight excluding hydrogens is 305 g/mol. The molecule has 8 heteroatoms. The molecule has 0 spiro atoms. The number of carboxylic acid groups (broad SMARTS) is 1. The standard InChI is InChI=1S/C12H9ClFN3O2S/c13-9-5-10(15-8-3-1-7(14)2-4-8)17-12(16-9)20-6-11(18)19/h1-5H,6H2,(H,18,19)(H,15,16,17). The number of thioether (sulfide) groups is 1. The molecule has 0 aliphatic rings. The van der Waals surface area contributed by atoms with Gasteiger partial charge in [0.25, 0.3) is 0 Å². The molecule has 104 valence electrons. The second-order valence-electron chi connectivity index (χ2n) is 3.67. The van der Waals surface area contributed by atoms with Crippen molar-refractivity contribution in [3.05, 3.63) is 41.3 Å². The van der Waals surface area contributed by atoms with Crippen LogP contribution in [0.2, 0.25) is 5.15 Å². The lowest BCUT2D eigenvalue weighted by molar-refractivity contribution is -0.133. The van der Waals surface area contributed by atoms with Gasteiger partial charge in [0.1, 0.15) is 16.8 Å². The molecular formula is C12H9ClFN3O2S. The Bertz CT molecular complexity index is 625. The predicted molar refractivity (Wildman–Crippen MR) is 75.1 cm³/mol. The van der Waals surface area contributed by atoms with Gasteiger partial charge in [-0.15, -0.1) is 0 Å². The normalized spacial score (nSPS) is 10.3. The van der Waals surface area contributed by atoms with Crippen LogP contribution in [0.25, 0.3) is 0 Å². The van der Waals surface area contributed by atoms with Crippen LogP contribution in [-0.2, 0) is 4.79 Å². The molecule has 5 nitrogen and oxygen atoms in total. The number of halogens is 2. The van der Waals surface area contributed by atoms with Crippen LogP contribution in [0, 0.1) is 5.82 Å². The molecule has 0 amide bonds. The molecule has 1 aromatic heterocycles. The molecule has 1 aromatic carbocycles. The lowest BCUT2D eigenvalue weighted by atomic mass is 10.3. The zero-order valence-corrected chi connectivity index (χ0v) is 11.6. The topological polar surface area (TPSA) is 75.1 Å². The highest BCUT2D eigenvalue weighted by molar-refractivity contribution is 7.99. The summed E-state index contributed by atoms with van der Waals surface area (Å²) in [6, 6.07) is 7.22. The lowest BCUT2D eigenvalue weighted by Gasteiger charge is -2.07. The monoisotopic (exact) mass is 313 g/mol. The van der Waals surface area contributed by atoms with Crippen molar-refractivity contribution in [2.45, 2.75) is 5.16 Å². The minimum Gasteiger partial charge on any atom is -0.481 e. The van der Waals surface area contributed by atoms with Crippen LogP contribution >= 0.6 is 23.4 Å². The average Bonchev–Trinajstić information content (AvgIpc) is 2.38. The van der Waals surface area contributed by atoms with E-state index in [4.69, 9.17) is 16.7 Å². The van der Waals surface area contributed by atoms with Crippen molar-refractivity contribution in [1.29, 1.82) is 0 Å². The van der Waals surface area contributed by atoms with Crippen LogP contribution in [-0.4, -0.2) is 26.8 Å². The Morgan fingerprint density at radius 3 is 2.70 bits per heavy atom. The predicted octanol–water partition coefficient (Wildman–Crippen LogP) is 3.19. The van der Waals surface area contributed by atoms with E-state index in [1.54, 1.807) is 12.1 Å². The molecule has 0 bridgehead atoms. The first-order valence-electron chi connectivity index (χ1n) is 5.45. The number of rotatable bonds is 5. The Morgan fingerprint density at radius 1 is 1.35 bits per heavy atom. The van der Waals surface area contributed by atoms with Crippen LogP contribution in [0.1, 0.15) is 0 Å². The number of aliphatic carboxylic acids is 1. The first-order chi connectivity index (χ1) is 9.52. The van der Waals surface area contributed by atoms with Crippen molar-refractivity contribution in [3.8, 4) is 0 Å². The van der Waals surface area contributed by atoms with E-state index in [0.717, 1.165) is 11.8 Å². The zero-order chi connectivity index (χ0) is 14.5. The Kier molecular flexibility index (Phi) is 4.75. The number of carboxylic acids is 1. The first kappa shape index (κ1) is 14.5. The summed E-state index contributed by atoms with van der Waals surface area (Å²) in [6.07, 6.45) is 0. The van der Waals surface area contributed by atoms with E-state index in [1.807, 2.05) is 0 Å². The van der Waals surface area contributed by atoms with Crippen LogP contribution in [0.3, 0.4) is 0 Å². The van der Waals surface area contributed by atoms with Gasteiger partial charge in [0.2, 0.25) is 0 Å². The quantitative estimate of drug-likeness (QED) is 0.501. The summed E-state index contributed by atoms with van der Waals surface area (Å²) in [5.74, 6) is -1.05. The van der Waals surface area contributed by atoms with Gasteiger partial charge in [-0.3, -0.25) is 4.79 Å². The Balaban J connectivity index is 2.14. The molecule has 0 aliphatic heterocycles. The van der Waals surface area contributed by atoms with Gasteiger partial charge in [-0.2, -0.15) is 0 Å². The molecule has 0 saturated heterocycles. The van der Waals surface area contributed by atoms with E-state index >= 15 is 0 Å². The van der Waals surface area contributed by atoms with E-state index in [1.165, 1.54) is 18.2 Å². The maximum atomic E-state index is 12.8. The largest absolute Gasteiger partial charge is 0.481 e. The Labute approximate surface area is 123 Å². The highest BCUT2D eigenvalue weighted by Crippen LogP contribution is 2.22. The lowest BCUT2D eigenvalue weighted by Crippen LogP contribution is -2.01. The number of aromatic nitrogens is 2. The van der Waals surface area contributed by atoms with Crippen LogP contribution in [0.15, 0.2) is 35.5 Å². The van der Waals surface area contributed by atoms with E-state index in [-0.39, 0.29) is 21.9 Å². The third kappa shape index (κ3) is 4.36. The molecule has 1 heterocycles. The van der Waals surface area contributed by atoms with Gasteiger partial charge < -0.3 is 10.4 Å². The fourth-order valence-corrected chi connectivity index (χ4v) is 2.14. The Morgan fingerprint density at radius 2 is 2.05 bits per heavy atom. The summed E-state index contributed by atoms with van der Waals surface area (Å²) in [5.41, 5.74) is 0.635. The third-order valence-corrected chi connectivity index (χ3v) is 3.14. The third-order valence-electron chi connectivity index (χ3n) is 2.12. The SMILES string of the molecule is O=C(O)CSc1nc(Cl)cc(Nc2ccc(F)cc2)n1. The minimum absolute atomic E-state index is 0.156. The minimum atomic E-state index is -0.966. The zero-order valence-electron chi connectivity index (χ0n) is 10.0. The van der Waals surface area contributed by atoms with E-state index in [2.05, 4.69) is 15.3 Å².